The topological polar surface area (TPSA) is 43.1 Å². The number of benzene rings is 1. The first-order chi connectivity index (χ1) is 8.16. The molecule has 17 heavy (non-hydrogen) atoms. The van der Waals surface area contributed by atoms with Crippen molar-refractivity contribution in [1.29, 1.82) is 0 Å². The summed E-state index contributed by atoms with van der Waals surface area (Å²) in [5.74, 6) is 0.0323. The fraction of sp³-hybridized carbons (Fsp3) is 0.167. The maximum Gasteiger partial charge on any atom is 0.256 e. The van der Waals surface area contributed by atoms with Gasteiger partial charge in [0.15, 0.2) is 5.78 Å². The summed E-state index contributed by atoms with van der Waals surface area (Å²) in [5, 5.41) is 0.879. The lowest BCUT2D eigenvalue weighted by Crippen LogP contribution is -2.13. The molecule has 0 fully saturated rings. The van der Waals surface area contributed by atoms with Crippen LogP contribution >= 0.6 is 23.4 Å². The van der Waals surface area contributed by atoms with Crippen LogP contribution in [0.1, 0.15) is 17.3 Å². The molecule has 0 saturated heterocycles. The zero-order valence-electron chi connectivity index (χ0n) is 9.09. The summed E-state index contributed by atoms with van der Waals surface area (Å²) in [6, 6.07) is 6.85. The van der Waals surface area contributed by atoms with Gasteiger partial charge in [-0.15, -0.1) is 0 Å². The lowest BCUT2D eigenvalue weighted by atomic mass is 10.1. The third-order valence-corrected chi connectivity index (χ3v) is 3.41. The van der Waals surface area contributed by atoms with Crippen LogP contribution in [-0.4, -0.2) is 16.0 Å². The fourth-order valence-electron chi connectivity index (χ4n) is 1.32. The second-order valence-electron chi connectivity index (χ2n) is 3.43. The third-order valence-electron chi connectivity index (χ3n) is 2.19. The maximum atomic E-state index is 12.0. The predicted octanol–water partition coefficient (Wildman–Crippen LogP) is 3.69. The van der Waals surface area contributed by atoms with Gasteiger partial charge in [-0.1, -0.05) is 23.4 Å². The zero-order chi connectivity index (χ0) is 12.3. The molecule has 0 N–H and O–H groups in total. The Morgan fingerprint density at radius 2 is 2.12 bits per heavy atom. The molecule has 1 unspecified atom stereocenters. The number of hydrogen-bond donors (Lipinski definition) is 0. The van der Waals surface area contributed by atoms with E-state index in [1.807, 2.05) is 6.92 Å². The molecule has 0 amide bonds. The molecular weight excluding hydrogens is 258 g/mol. The van der Waals surface area contributed by atoms with Gasteiger partial charge in [-0.2, -0.15) is 0 Å². The van der Waals surface area contributed by atoms with Crippen molar-refractivity contribution < 1.29 is 9.21 Å². The first-order valence-electron chi connectivity index (χ1n) is 5.03. The molecule has 2 aromatic rings. The minimum Gasteiger partial charge on any atom is -0.440 e. The van der Waals surface area contributed by atoms with E-state index in [1.165, 1.54) is 18.0 Å². The second-order valence-corrected chi connectivity index (χ2v) is 5.16. The average molecular weight is 268 g/mol. The summed E-state index contributed by atoms with van der Waals surface area (Å²) in [4.78, 5) is 16.0. The van der Waals surface area contributed by atoms with Crippen LogP contribution in [0.25, 0.3) is 0 Å². The summed E-state index contributed by atoms with van der Waals surface area (Å²) in [7, 11) is 0. The molecular formula is C12H10ClNO2S. The summed E-state index contributed by atoms with van der Waals surface area (Å²) in [5.41, 5.74) is 0.640. The summed E-state index contributed by atoms with van der Waals surface area (Å²) in [6.07, 6.45) is 3.05. The Kier molecular flexibility index (Phi) is 3.86. The van der Waals surface area contributed by atoms with Gasteiger partial charge in [0.2, 0.25) is 0 Å². The summed E-state index contributed by atoms with van der Waals surface area (Å²) < 4.78 is 5.09. The largest absolute Gasteiger partial charge is 0.440 e. The molecule has 2 rings (SSSR count). The van der Waals surface area contributed by atoms with Crippen molar-refractivity contribution in [2.24, 2.45) is 0 Å². The Hall–Kier alpha value is -1.26. The molecule has 0 aliphatic rings. The minimum absolute atomic E-state index is 0.0323. The van der Waals surface area contributed by atoms with E-state index >= 15 is 0 Å². The number of hydrogen-bond acceptors (Lipinski definition) is 4. The minimum atomic E-state index is -0.241. The number of oxazole rings is 1. The van der Waals surface area contributed by atoms with Gasteiger partial charge in [0.1, 0.15) is 6.26 Å². The number of carbonyl (C=O) groups is 1. The highest BCUT2D eigenvalue weighted by molar-refractivity contribution is 8.00. The Bertz CT molecular complexity index is 496. The monoisotopic (exact) mass is 267 g/mol. The SMILES string of the molecule is CC(Sc1ncco1)C(=O)c1ccc(Cl)cc1. The van der Waals surface area contributed by atoms with Gasteiger partial charge in [0.05, 0.1) is 11.4 Å². The number of halogens is 1. The van der Waals surface area contributed by atoms with Gasteiger partial charge in [-0.05, 0) is 31.2 Å². The highest BCUT2D eigenvalue weighted by Gasteiger charge is 2.18. The van der Waals surface area contributed by atoms with Crippen LogP contribution in [0.2, 0.25) is 5.02 Å². The lowest BCUT2D eigenvalue weighted by molar-refractivity contribution is 0.0993. The molecule has 0 aliphatic heterocycles. The first kappa shape index (κ1) is 12.2. The van der Waals surface area contributed by atoms with E-state index in [2.05, 4.69) is 4.98 Å². The Morgan fingerprint density at radius 1 is 1.41 bits per heavy atom. The normalized spacial score (nSPS) is 12.4. The van der Waals surface area contributed by atoms with Crippen LogP contribution in [0, 0.1) is 0 Å². The Morgan fingerprint density at radius 3 is 2.71 bits per heavy atom. The zero-order valence-corrected chi connectivity index (χ0v) is 10.7. The van der Waals surface area contributed by atoms with Crippen LogP contribution in [0.5, 0.6) is 0 Å². The van der Waals surface area contributed by atoms with E-state index in [4.69, 9.17) is 16.0 Å². The maximum absolute atomic E-state index is 12.0. The van der Waals surface area contributed by atoms with Gasteiger partial charge >= 0.3 is 0 Å². The van der Waals surface area contributed by atoms with E-state index in [0.717, 1.165) is 0 Å². The predicted molar refractivity (Wildman–Crippen MR) is 67.6 cm³/mol. The molecule has 88 valence electrons. The van der Waals surface area contributed by atoms with Crippen LogP contribution in [0.4, 0.5) is 0 Å². The van der Waals surface area contributed by atoms with Crippen LogP contribution in [0.15, 0.2) is 46.4 Å². The van der Waals surface area contributed by atoms with Crippen molar-refractivity contribution in [1.82, 2.24) is 4.98 Å². The fourth-order valence-corrected chi connectivity index (χ4v) is 2.23. The van der Waals surface area contributed by atoms with E-state index < -0.39 is 0 Å². The Labute approximate surface area is 108 Å². The number of carbonyl (C=O) groups excluding carboxylic acids is 1. The van der Waals surface area contributed by atoms with Crippen molar-refractivity contribution in [2.45, 2.75) is 17.4 Å². The molecule has 1 aromatic heterocycles. The van der Waals surface area contributed by atoms with Crippen LogP contribution in [0.3, 0.4) is 0 Å². The lowest BCUT2D eigenvalue weighted by Gasteiger charge is -2.07. The molecule has 1 atom stereocenters. The van der Waals surface area contributed by atoms with Crippen LogP contribution < -0.4 is 0 Å². The second kappa shape index (κ2) is 5.38. The van der Waals surface area contributed by atoms with Gasteiger partial charge in [0, 0.05) is 10.6 Å². The van der Waals surface area contributed by atoms with E-state index in [0.29, 0.717) is 15.8 Å². The quantitative estimate of drug-likeness (QED) is 0.626. The molecule has 3 nitrogen and oxygen atoms in total. The molecule has 0 bridgehead atoms. The Balaban J connectivity index is 2.07. The standard InChI is InChI=1S/C12H10ClNO2S/c1-8(17-12-14-6-7-16-12)11(15)9-2-4-10(13)5-3-9/h2-8H,1H3. The van der Waals surface area contributed by atoms with Crippen molar-refractivity contribution in [3.05, 3.63) is 47.3 Å². The average Bonchev–Trinajstić information content (AvgIpc) is 2.82. The number of nitrogens with zero attached hydrogens (tertiary/aromatic N) is 1. The molecule has 1 aromatic carbocycles. The molecule has 5 heteroatoms. The van der Waals surface area contributed by atoms with Gasteiger partial charge < -0.3 is 4.42 Å². The smallest absolute Gasteiger partial charge is 0.256 e. The van der Waals surface area contributed by atoms with Crippen molar-refractivity contribution in [2.75, 3.05) is 0 Å². The highest BCUT2D eigenvalue weighted by Crippen LogP contribution is 2.24. The number of Topliss-reactive ketones (excluding diaryl/α,β-unsaturated/α-hetero) is 1. The van der Waals surface area contributed by atoms with Crippen molar-refractivity contribution in [3.63, 3.8) is 0 Å². The summed E-state index contributed by atoms with van der Waals surface area (Å²) >= 11 is 7.07. The number of ketones is 1. The first-order valence-corrected chi connectivity index (χ1v) is 6.28. The molecule has 0 spiro atoms. The van der Waals surface area contributed by atoms with Gasteiger partial charge in [-0.25, -0.2) is 4.98 Å². The molecule has 0 saturated carbocycles. The number of thioether (sulfide) groups is 1. The van der Waals surface area contributed by atoms with Crippen molar-refractivity contribution >= 4 is 29.1 Å². The third kappa shape index (κ3) is 3.11. The van der Waals surface area contributed by atoms with Crippen molar-refractivity contribution in [3.8, 4) is 0 Å². The van der Waals surface area contributed by atoms with Crippen LogP contribution in [-0.2, 0) is 0 Å². The number of rotatable bonds is 4. The van der Waals surface area contributed by atoms with Gasteiger partial charge in [0.25, 0.3) is 5.22 Å². The number of aromatic nitrogens is 1. The molecule has 0 aliphatic carbocycles. The molecule has 1 heterocycles. The summed E-state index contributed by atoms with van der Waals surface area (Å²) in [6.45, 7) is 1.83. The molecule has 0 radical (unpaired) electrons. The highest BCUT2D eigenvalue weighted by atomic mass is 35.5. The van der Waals surface area contributed by atoms with E-state index in [-0.39, 0.29) is 11.0 Å². The van der Waals surface area contributed by atoms with E-state index in [9.17, 15) is 4.79 Å². The van der Waals surface area contributed by atoms with Gasteiger partial charge in [-0.3, -0.25) is 4.79 Å². The van der Waals surface area contributed by atoms with E-state index in [1.54, 1.807) is 30.5 Å².